The Morgan fingerprint density at radius 1 is 0.766 bits per heavy atom. The van der Waals surface area contributed by atoms with Gasteiger partial charge in [0.25, 0.3) is 9.05 Å². The van der Waals surface area contributed by atoms with Crippen molar-refractivity contribution in [2.75, 3.05) is 26.2 Å². The fourth-order valence-electron chi connectivity index (χ4n) is 10.9. The molecule has 0 amide bonds. The fourth-order valence-corrected chi connectivity index (χ4v) is 11.7. The van der Waals surface area contributed by atoms with Crippen molar-refractivity contribution in [2.24, 2.45) is 17.6 Å². The van der Waals surface area contributed by atoms with E-state index in [4.69, 9.17) is 16.4 Å². The average Bonchev–Trinajstić information content (AvgIpc) is 4.17. The minimum Gasteiger partial charge on any atom is -0.508 e. The number of hydrogen-bond acceptors (Lipinski definition) is 7. The summed E-state index contributed by atoms with van der Waals surface area (Å²) in [6, 6.07) is 26.0. The molecule has 4 fully saturated rings. The van der Waals surface area contributed by atoms with Gasteiger partial charge >= 0.3 is 6.18 Å². The molecular weight excluding hydrogens is 853 g/mol. The number of phenolic OH excluding ortho intramolecular Hbond substituents is 1. The van der Waals surface area contributed by atoms with E-state index in [1.165, 1.54) is 91.7 Å². The Morgan fingerprint density at radius 3 is 1.92 bits per heavy atom. The van der Waals surface area contributed by atoms with Crippen LogP contribution in [-0.4, -0.2) is 73.7 Å². The van der Waals surface area contributed by atoms with Crippen LogP contribution in [0.3, 0.4) is 0 Å². The molecule has 0 aromatic heterocycles. The van der Waals surface area contributed by atoms with Crippen LogP contribution in [0.25, 0.3) is 0 Å². The van der Waals surface area contributed by atoms with E-state index in [9.17, 15) is 26.7 Å². The number of nitrogens with zero attached hydrogens (tertiary/aromatic N) is 2. The van der Waals surface area contributed by atoms with E-state index in [1.807, 2.05) is 25.1 Å². The SMILES string of the molecule is C.C.C[C@]12CCN(CC3CC3)[C@H](Cc3ccc(O)cc31)[C@H]2NCc1cccc(C(F)(F)F)c1.Cc1ccc2c(c1)[C@]1(C)CCN(CC3CC3)[C@H](C2)[C@H]1N.Cc1cccc(S(=O)(=O)Cl)c1. The van der Waals surface area contributed by atoms with Gasteiger partial charge in [-0.3, -0.25) is 9.80 Å². The molecule has 2 saturated carbocycles. The van der Waals surface area contributed by atoms with E-state index < -0.39 is 20.8 Å². The topological polar surface area (TPSA) is 98.9 Å². The molecule has 6 aliphatic rings. The molecule has 4 aliphatic carbocycles. The van der Waals surface area contributed by atoms with Gasteiger partial charge < -0.3 is 16.2 Å². The molecule has 64 heavy (non-hydrogen) atoms. The van der Waals surface area contributed by atoms with Crippen LogP contribution in [0.2, 0.25) is 0 Å². The van der Waals surface area contributed by atoms with Gasteiger partial charge in [-0.05, 0) is 154 Å². The number of rotatable bonds is 8. The summed E-state index contributed by atoms with van der Waals surface area (Å²) >= 11 is 0. The van der Waals surface area contributed by atoms with Crippen LogP contribution >= 0.6 is 10.7 Å². The van der Waals surface area contributed by atoms with E-state index in [0.717, 1.165) is 55.8 Å². The van der Waals surface area contributed by atoms with Crippen LogP contribution in [0.15, 0.2) is 89.8 Å². The van der Waals surface area contributed by atoms with E-state index in [-0.39, 0.29) is 42.4 Å². The highest BCUT2D eigenvalue weighted by Crippen LogP contribution is 2.48. The quantitative estimate of drug-likeness (QED) is 0.151. The lowest BCUT2D eigenvalue weighted by molar-refractivity contribution is -0.137. The summed E-state index contributed by atoms with van der Waals surface area (Å²) < 4.78 is 60.9. The van der Waals surface area contributed by atoms with Crippen LogP contribution in [0, 0.1) is 25.7 Å². The molecule has 4 aromatic carbocycles. The van der Waals surface area contributed by atoms with Crippen LogP contribution in [0.5, 0.6) is 5.75 Å². The minimum atomic E-state index is -4.33. The van der Waals surface area contributed by atoms with E-state index >= 15 is 0 Å². The van der Waals surface area contributed by atoms with Crippen molar-refractivity contribution in [2.45, 2.75) is 147 Å². The third kappa shape index (κ3) is 10.9. The molecule has 2 heterocycles. The number of aryl methyl sites for hydroxylation is 2. The molecule has 12 heteroatoms. The smallest absolute Gasteiger partial charge is 0.416 e. The second kappa shape index (κ2) is 19.4. The largest absolute Gasteiger partial charge is 0.508 e. The number of hydrogen-bond donors (Lipinski definition) is 3. The van der Waals surface area contributed by atoms with Crippen molar-refractivity contribution in [3.63, 3.8) is 0 Å². The number of fused-ring (bicyclic) bond motifs is 8. The second-order valence-corrected chi connectivity index (χ2v) is 22.2. The Morgan fingerprint density at radius 2 is 1.33 bits per heavy atom. The van der Waals surface area contributed by atoms with Crippen molar-refractivity contribution in [1.29, 1.82) is 0 Å². The number of halogens is 4. The Labute approximate surface area is 385 Å². The number of benzene rings is 4. The van der Waals surface area contributed by atoms with Gasteiger partial charge in [0.2, 0.25) is 0 Å². The highest BCUT2D eigenvalue weighted by atomic mass is 35.7. The van der Waals surface area contributed by atoms with Crippen molar-refractivity contribution in [3.05, 3.63) is 129 Å². The van der Waals surface area contributed by atoms with Gasteiger partial charge in [-0.1, -0.05) is 88.9 Å². The summed E-state index contributed by atoms with van der Waals surface area (Å²) in [5, 5.41) is 13.8. The fraction of sp³-hybridized carbons (Fsp3) is 0.538. The molecule has 4 aromatic rings. The first-order chi connectivity index (χ1) is 29.3. The van der Waals surface area contributed by atoms with E-state index in [2.05, 4.69) is 54.1 Å². The van der Waals surface area contributed by atoms with Gasteiger partial charge in [0.05, 0.1) is 10.5 Å². The van der Waals surface area contributed by atoms with Gasteiger partial charge in [0.15, 0.2) is 0 Å². The van der Waals surface area contributed by atoms with Crippen LogP contribution in [0.4, 0.5) is 13.2 Å². The van der Waals surface area contributed by atoms with E-state index in [0.29, 0.717) is 30.2 Å². The molecular formula is C52H70ClF3N4O3S. The number of alkyl halides is 3. The molecule has 0 unspecified atom stereocenters. The van der Waals surface area contributed by atoms with Crippen LogP contribution in [-0.2, 0) is 45.4 Å². The highest BCUT2D eigenvalue weighted by molar-refractivity contribution is 8.13. The molecule has 2 saturated heterocycles. The van der Waals surface area contributed by atoms with Gasteiger partial charge in [0, 0.05) is 65.3 Å². The van der Waals surface area contributed by atoms with Crippen molar-refractivity contribution in [3.8, 4) is 5.75 Å². The summed E-state index contributed by atoms with van der Waals surface area (Å²) in [6.45, 7) is 13.7. The van der Waals surface area contributed by atoms with Crippen molar-refractivity contribution >= 4 is 19.7 Å². The zero-order chi connectivity index (χ0) is 44.2. The van der Waals surface area contributed by atoms with Gasteiger partial charge in [-0.2, -0.15) is 13.2 Å². The molecule has 4 N–H and O–H groups in total. The predicted octanol–water partition coefficient (Wildman–Crippen LogP) is 10.7. The molecule has 2 aliphatic heterocycles. The molecule has 0 spiro atoms. The van der Waals surface area contributed by atoms with Gasteiger partial charge in [-0.25, -0.2) is 8.42 Å². The van der Waals surface area contributed by atoms with Crippen molar-refractivity contribution in [1.82, 2.24) is 15.1 Å². The molecule has 0 radical (unpaired) electrons. The molecule has 4 bridgehead atoms. The number of nitrogens with one attached hydrogen (secondary N) is 1. The zero-order valence-corrected chi connectivity index (χ0v) is 38.0. The minimum absolute atomic E-state index is 0. The first-order valence-corrected chi connectivity index (χ1v) is 24.7. The first kappa shape index (κ1) is 50.0. The maximum absolute atomic E-state index is 13.1. The van der Waals surface area contributed by atoms with E-state index in [1.54, 1.807) is 23.8 Å². The monoisotopic (exact) mass is 922 g/mol. The standard InChI is InChI=1S/C25H29F3N2O.C18H26N2.C7H7ClO2S.2CH4/c1-24-9-10-30(15-16-5-6-16)22(12-18-7-8-20(31)13-21(18)24)23(24)29-14-17-3-2-4-19(11-17)25(26,27)28;1-12-3-6-14-10-16-17(19)18(2,15(14)9-12)7-8-20(16)11-13-4-5-13;1-6-3-2-4-7(5-6)11(8,9)10;;/h2-4,7-8,11,13,16,22-23,29,31H,5-6,9-10,12,14-15H2,1H3;3,6,9,13,16-17H,4-5,7-8,10-11,19H2,1-2H3;2-5H,1H3;2*1H4/t22-,23-,24+;16-,17-,18+;;;/m11.../s1. The Hall–Kier alpha value is -3.45. The third-order valence-corrected chi connectivity index (χ3v) is 16.2. The van der Waals surface area contributed by atoms with Crippen LogP contribution < -0.4 is 11.1 Å². The Kier molecular flexibility index (Phi) is 15.2. The van der Waals surface area contributed by atoms with Crippen molar-refractivity contribution < 1.29 is 26.7 Å². The number of piperidine rings is 2. The summed E-state index contributed by atoms with van der Waals surface area (Å²) in [5.74, 6) is 2.02. The predicted molar refractivity (Wildman–Crippen MR) is 255 cm³/mol. The maximum atomic E-state index is 13.1. The maximum Gasteiger partial charge on any atom is 0.416 e. The second-order valence-electron chi connectivity index (χ2n) is 19.6. The number of nitrogens with two attached hydrogens (primary N) is 1. The van der Waals surface area contributed by atoms with Crippen LogP contribution in [0.1, 0.15) is 112 Å². The Balaban J connectivity index is 0.000000177. The molecule has 6 atom stereocenters. The normalized spacial score (nSPS) is 27.2. The van der Waals surface area contributed by atoms with Gasteiger partial charge in [0.1, 0.15) is 5.75 Å². The molecule has 10 rings (SSSR count). The molecule has 7 nitrogen and oxygen atoms in total. The third-order valence-electron chi connectivity index (χ3n) is 14.9. The van der Waals surface area contributed by atoms with Gasteiger partial charge in [-0.15, -0.1) is 0 Å². The number of aromatic hydroxyl groups is 1. The number of likely N-dealkylation sites (tertiary alicyclic amines) is 2. The number of phenols is 1. The summed E-state index contributed by atoms with van der Waals surface area (Å²) in [7, 11) is 1.55. The highest BCUT2D eigenvalue weighted by Gasteiger charge is 2.52. The molecule has 350 valence electrons. The first-order valence-electron chi connectivity index (χ1n) is 22.4. The average molecular weight is 924 g/mol. The summed E-state index contributed by atoms with van der Waals surface area (Å²) in [6.07, 6.45) is 5.37. The summed E-state index contributed by atoms with van der Waals surface area (Å²) in [4.78, 5) is 5.45. The summed E-state index contributed by atoms with van der Waals surface area (Å²) in [5.41, 5.74) is 14.6. The lowest BCUT2D eigenvalue weighted by Gasteiger charge is -2.56. The Bertz CT molecular complexity index is 2370. The lowest BCUT2D eigenvalue weighted by atomic mass is 9.61. The zero-order valence-electron chi connectivity index (χ0n) is 36.4. The lowest BCUT2D eigenvalue weighted by Crippen LogP contribution is -2.67.